The van der Waals surface area contributed by atoms with Crippen LogP contribution in [0.1, 0.15) is 0 Å². The fourth-order valence-corrected chi connectivity index (χ4v) is 5.04. The number of nitrogens with zero attached hydrogens (tertiary/aromatic N) is 7. The third-order valence-electron chi connectivity index (χ3n) is 6.76. The molecule has 0 aliphatic heterocycles. The Labute approximate surface area is 205 Å². The fourth-order valence-electron chi connectivity index (χ4n) is 5.04. The topological polar surface area (TPSA) is 57.4 Å². The molecule has 0 saturated heterocycles. The first-order valence-corrected chi connectivity index (χ1v) is 11.8. The van der Waals surface area contributed by atoms with E-state index in [0.717, 1.165) is 56.3 Å². The first kappa shape index (κ1) is 19.2. The van der Waals surface area contributed by atoms with Crippen molar-refractivity contribution in [3.63, 3.8) is 0 Å². The number of fused-ring (bicyclic) bond motifs is 6. The number of hydrogen-bond donors (Lipinski definition) is 0. The Morgan fingerprint density at radius 1 is 0.528 bits per heavy atom. The van der Waals surface area contributed by atoms with E-state index in [-0.39, 0.29) is 0 Å². The standard InChI is InChI=1S/C29H19N7/c1-2-10-26-24(9-1)31-28-34(14-16-35(26)28)22-11-12-25-27(19-22)36-17-15-33(29(36)32-25)21-7-5-6-20(18-21)23-8-3-4-13-30-23/h1-19H. The van der Waals surface area contributed by atoms with Gasteiger partial charge in [0.15, 0.2) is 0 Å². The molecule has 170 valence electrons. The predicted octanol–water partition coefficient (Wildman–Crippen LogP) is 5.93. The molecule has 0 saturated carbocycles. The van der Waals surface area contributed by atoms with E-state index in [0.29, 0.717) is 0 Å². The predicted molar refractivity (Wildman–Crippen MR) is 141 cm³/mol. The zero-order valence-corrected chi connectivity index (χ0v) is 19.1. The Hall–Kier alpha value is -5.17. The van der Waals surface area contributed by atoms with E-state index in [2.05, 4.69) is 96.2 Å². The lowest BCUT2D eigenvalue weighted by atomic mass is 10.1. The van der Waals surface area contributed by atoms with Gasteiger partial charge in [0, 0.05) is 42.2 Å². The molecule has 7 heteroatoms. The van der Waals surface area contributed by atoms with Crippen LogP contribution >= 0.6 is 0 Å². The molecule has 36 heavy (non-hydrogen) atoms. The summed E-state index contributed by atoms with van der Waals surface area (Å²) in [4.78, 5) is 14.3. The molecule has 0 radical (unpaired) electrons. The molecule has 8 rings (SSSR count). The second kappa shape index (κ2) is 7.16. The highest BCUT2D eigenvalue weighted by molar-refractivity contribution is 5.84. The molecule has 0 bridgehead atoms. The zero-order chi connectivity index (χ0) is 23.6. The largest absolute Gasteiger partial charge is 0.286 e. The summed E-state index contributed by atoms with van der Waals surface area (Å²) in [6, 6.07) is 28.9. The number of para-hydroxylation sites is 2. The van der Waals surface area contributed by atoms with Crippen molar-refractivity contribution in [2.45, 2.75) is 0 Å². The summed E-state index contributed by atoms with van der Waals surface area (Å²) in [5, 5.41) is 0. The Morgan fingerprint density at radius 3 is 2.06 bits per heavy atom. The van der Waals surface area contributed by atoms with Gasteiger partial charge in [-0.05, 0) is 54.6 Å². The van der Waals surface area contributed by atoms with Crippen molar-refractivity contribution in [2.75, 3.05) is 0 Å². The summed E-state index contributed by atoms with van der Waals surface area (Å²) in [6.07, 6.45) is 10.1. The van der Waals surface area contributed by atoms with Gasteiger partial charge in [-0.25, -0.2) is 9.97 Å². The van der Waals surface area contributed by atoms with Crippen LogP contribution in [0.3, 0.4) is 0 Å². The average molecular weight is 466 g/mol. The van der Waals surface area contributed by atoms with Crippen LogP contribution < -0.4 is 0 Å². The quantitative estimate of drug-likeness (QED) is 0.325. The van der Waals surface area contributed by atoms with Gasteiger partial charge in [-0.3, -0.25) is 22.9 Å². The molecule has 0 aliphatic rings. The molecule has 0 atom stereocenters. The normalized spacial score (nSPS) is 11.9. The highest BCUT2D eigenvalue weighted by Crippen LogP contribution is 2.27. The SMILES string of the molecule is c1ccc(-c2cccc(-n3ccn4c5cc(-n6ccn7c8ccccc8nc67)ccc5nc34)c2)nc1. The first-order chi connectivity index (χ1) is 17.8. The second-order valence-corrected chi connectivity index (χ2v) is 8.83. The van der Waals surface area contributed by atoms with Crippen molar-refractivity contribution in [1.29, 1.82) is 0 Å². The molecule has 0 spiro atoms. The molecule has 5 heterocycles. The molecular formula is C29H19N7. The van der Waals surface area contributed by atoms with Crippen molar-refractivity contribution in [3.05, 3.63) is 116 Å². The smallest absolute Gasteiger partial charge is 0.219 e. The molecule has 5 aromatic heterocycles. The summed E-state index contributed by atoms with van der Waals surface area (Å²) >= 11 is 0. The lowest BCUT2D eigenvalue weighted by Crippen LogP contribution is -1.94. The highest BCUT2D eigenvalue weighted by Gasteiger charge is 2.14. The Morgan fingerprint density at radius 2 is 1.25 bits per heavy atom. The lowest BCUT2D eigenvalue weighted by Gasteiger charge is -2.06. The van der Waals surface area contributed by atoms with Crippen molar-refractivity contribution in [1.82, 2.24) is 32.9 Å². The van der Waals surface area contributed by atoms with E-state index in [1.807, 2.05) is 42.6 Å². The second-order valence-electron chi connectivity index (χ2n) is 8.83. The monoisotopic (exact) mass is 465 g/mol. The van der Waals surface area contributed by atoms with E-state index in [1.165, 1.54) is 0 Å². The van der Waals surface area contributed by atoms with Crippen LogP contribution in [0.25, 0.3) is 56.3 Å². The molecule has 0 N–H and O–H groups in total. The average Bonchev–Trinajstić information content (AvgIpc) is 3.69. The molecular weight excluding hydrogens is 446 g/mol. The molecule has 0 amide bonds. The lowest BCUT2D eigenvalue weighted by molar-refractivity contribution is 1.08. The molecule has 0 fully saturated rings. The number of pyridine rings is 1. The van der Waals surface area contributed by atoms with Crippen LogP contribution in [-0.2, 0) is 0 Å². The van der Waals surface area contributed by atoms with E-state index in [4.69, 9.17) is 9.97 Å². The van der Waals surface area contributed by atoms with Crippen LogP contribution in [0.5, 0.6) is 0 Å². The van der Waals surface area contributed by atoms with Gasteiger partial charge in [0.1, 0.15) is 0 Å². The van der Waals surface area contributed by atoms with E-state index < -0.39 is 0 Å². The summed E-state index contributed by atoms with van der Waals surface area (Å²) in [5.74, 6) is 1.75. The Bertz CT molecular complexity index is 2050. The van der Waals surface area contributed by atoms with Crippen molar-refractivity contribution >= 4 is 33.6 Å². The van der Waals surface area contributed by atoms with Crippen LogP contribution in [-0.4, -0.2) is 32.9 Å². The van der Waals surface area contributed by atoms with Crippen LogP contribution in [0.15, 0.2) is 116 Å². The third-order valence-corrected chi connectivity index (χ3v) is 6.76. The van der Waals surface area contributed by atoms with E-state index in [1.54, 1.807) is 0 Å². The van der Waals surface area contributed by atoms with Gasteiger partial charge in [-0.1, -0.05) is 30.3 Å². The van der Waals surface area contributed by atoms with Crippen LogP contribution in [0.2, 0.25) is 0 Å². The molecule has 3 aromatic carbocycles. The number of rotatable bonds is 3. The highest BCUT2D eigenvalue weighted by atomic mass is 15.2. The summed E-state index contributed by atoms with van der Waals surface area (Å²) < 4.78 is 8.49. The van der Waals surface area contributed by atoms with E-state index in [9.17, 15) is 0 Å². The maximum atomic E-state index is 4.95. The number of imidazole rings is 4. The minimum Gasteiger partial charge on any atom is -0.286 e. The summed E-state index contributed by atoms with van der Waals surface area (Å²) in [5.41, 5.74) is 8.18. The minimum atomic E-state index is 0.865. The van der Waals surface area contributed by atoms with Gasteiger partial charge < -0.3 is 0 Å². The summed E-state index contributed by atoms with van der Waals surface area (Å²) in [6.45, 7) is 0. The number of hydrogen-bond acceptors (Lipinski definition) is 3. The van der Waals surface area contributed by atoms with Gasteiger partial charge in [-0.2, -0.15) is 0 Å². The molecule has 8 aromatic rings. The Balaban J connectivity index is 1.27. The minimum absolute atomic E-state index is 0.865. The molecule has 0 aliphatic carbocycles. The van der Waals surface area contributed by atoms with Gasteiger partial charge in [-0.15, -0.1) is 0 Å². The van der Waals surface area contributed by atoms with Gasteiger partial charge in [0.25, 0.3) is 0 Å². The molecule has 0 unspecified atom stereocenters. The fraction of sp³-hybridized carbons (Fsp3) is 0. The first-order valence-electron chi connectivity index (χ1n) is 11.8. The van der Waals surface area contributed by atoms with Crippen LogP contribution in [0, 0.1) is 0 Å². The maximum Gasteiger partial charge on any atom is 0.219 e. The molecule has 7 nitrogen and oxygen atoms in total. The summed E-state index contributed by atoms with van der Waals surface area (Å²) in [7, 11) is 0. The van der Waals surface area contributed by atoms with Gasteiger partial charge in [0.2, 0.25) is 11.6 Å². The number of aromatic nitrogens is 7. The van der Waals surface area contributed by atoms with Crippen LogP contribution in [0.4, 0.5) is 0 Å². The van der Waals surface area contributed by atoms with Crippen molar-refractivity contribution < 1.29 is 0 Å². The zero-order valence-electron chi connectivity index (χ0n) is 19.1. The number of benzene rings is 3. The van der Waals surface area contributed by atoms with Crippen molar-refractivity contribution in [3.8, 4) is 22.6 Å². The Kier molecular flexibility index (Phi) is 3.81. The van der Waals surface area contributed by atoms with Gasteiger partial charge >= 0.3 is 0 Å². The van der Waals surface area contributed by atoms with Crippen molar-refractivity contribution in [2.24, 2.45) is 0 Å². The third kappa shape index (κ3) is 2.71. The van der Waals surface area contributed by atoms with E-state index >= 15 is 0 Å². The maximum absolute atomic E-state index is 4.95. The van der Waals surface area contributed by atoms with Gasteiger partial charge in [0.05, 0.1) is 33.4 Å².